The summed E-state index contributed by atoms with van der Waals surface area (Å²) in [5, 5.41) is 0. The minimum absolute atomic E-state index is 0.179. The Balaban J connectivity index is 0.00000172. The molecule has 1 aromatic rings. The molecule has 1 nitrogen and oxygen atoms in total. The van der Waals surface area contributed by atoms with E-state index in [-0.39, 0.29) is 5.41 Å². The molecule has 0 heterocycles. The van der Waals surface area contributed by atoms with E-state index in [0.29, 0.717) is 0 Å². The van der Waals surface area contributed by atoms with E-state index in [2.05, 4.69) is 25.8 Å². The number of hydrogen-bond acceptors (Lipinski definition) is 1. The molecule has 1 aromatic carbocycles. The van der Waals surface area contributed by atoms with Crippen molar-refractivity contribution in [1.29, 1.82) is 0 Å². The minimum Gasteiger partial charge on any atom is -0.399 e. The molecule has 0 aromatic heterocycles. The van der Waals surface area contributed by atoms with Crippen molar-refractivity contribution >= 4 is 5.69 Å². The monoisotopic (exact) mass is 273 g/mol. The van der Waals surface area contributed by atoms with Crippen molar-refractivity contribution in [2.75, 3.05) is 5.73 Å². The highest BCUT2D eigenvalue weighted by Crippen LogP contribution is 2.30. The summed E-state index contributed by atoms with van der Waals surface area (Å²) in [7, 11) is 0. The summed E-state index contributed by atoms with van der Waals surface area (Å²) in [6.07, 6.45) is 13.2. The molecule has 1 rings (SSSR count). The quantitative estimate of drug-likeness (QED) is 0.393. The second kappa shape index (κ2) is 10.4. The molecule has 0 spiro atoms. The van der Waals surface area contributed by atoms with Gasteiger partial charge < -0.3 is 5.73 Å². The van der Waals surface area contributed by atoms with Crippen LogP contribution in [0.2, 0.25) is 0 Å². The summed E-state index contributed by atoms with van der Waals surface area (Å²) < 4.78 is 0. The zero-order valence-electron chi connectivity index (χ0n) is 13.7. The molecule has 1 unspecified atom stereocenters. The van der Waals surface area contributed by atoms with E-state index in [1.165, 1.54) is 37.7 Å². The molecule has 112 valence electrons. The van der Waals surface area contributed by atoms with Crippen molar-refractivity contribution in [3.8, 4) is 12.3 Å². The minimum atomic E-state index is -0.179. The first-order valence-corrected chi connectivity index (χ1v) is 7.96. The van der Waals surface area contributed by atoms with Gasteiger partial charge in [0.25, 0.3) is 0 Å². The Kier molecular flexibility index (Phi) is 9.64. The molecule has 0 radical (unpaired) electrons. The SMILES string of the molecule is C#CC(C)(CCCCCCC)c1cccc(N)c1.CC. The number of terminal acetylenes is 1. The van der Waals surface area contributed by atoms with Crippen LogP contribution >= 0.6 is 0 Å². The number of benzene rings is 1. The molecule has 0 saturated heterocycles. The van der Waals surface area contributed by atoms with E-state index in [1.54, 1.807) is 0 Å². The van der Waals surface area contributed by atoms with Gasteiger partial charge in [0.05, 0.1) is 5.41 Å². The fourth-order valence-electron chi connectivity index (χ4n) is 2.26. The van der Waals surface area contributed by atoms with Gasteiger partial charge in [-0.2, -0.15) is 0 Å². The maximum Gasteiger partial charge on any atom is 0.0532 e. The third-order valence-corrected chi connectivity index (χ3v) is 3.62. The molecule has 0 aliphatic heterocycles. The zero-order valence-corrected chi connectivity index (χ0v) is 13.7. The van der Waals surface area contributed by atoms with Gasteiger partial charge in [-0.1, -0.05) is 70.9 Å². The van der Waals surface area contributed by atoms with E-state index in [1.807, 2.05) is 32.0 Å². The van der Waals surface area contributed by atoms with Gasteiger partial charge in [0.1, 0.15) is 0 Å². The summed E-state index contributed by atoms with van der Waals surface area (Å²) in [4.78, 5) is 0. The zero-order chi connectivity index (χ0) is 15.4. The van der Waals surface area contributed by atoms with Crippen molar-refractivity contribution in [2.45, 2.75) is 71.6 Å². The molecule has 1 heteroatoms. The Hall–Kier alpha value is -1.42. The second-order valence-corrected chi connectivity index (χ2v) is 5.27. The van der Waals surface area contributed by atoms with Gasteiger partial charge in [-0.25, -0.2) is 0 Å². The Bertz CT molecular complexity index is 402. The molecule has 1 atom stereocenters. The maximum absolute atomic E-state index is 5.84. The summed E-state index contributed by atoms with van der Waals surface area (Å²) in [6, 6.07) is 7.98. The second-order valence-electron chi connectivity index (χ2n) is 5.27. The highest BCUT2D eigenvalue weighted by atomic mass is 14.5. The predicted octanol–water partition coefficient (Wildman–Crippen LogP) is 5.55. The highest BCUT2D eigenvalue weighted by molar-refractivity contribution is 5.45. The van der Waals surface area contributed by atoms with Crippen LogP contribution < -0.4 is 5.73 Å². The predicted molar refractivity (Wildman–Crippen MR) is 91.8 cm³/mol. The maximum atomic E-state index is 5.84. The van der Waals surface area contributed by atoms with Crippen LogP contribution in [0.1, 0.15) is 71.8 Å². The van der Waals surface area contributed by atoms with Crippen LogP contribution in [-0.4, -0.2) is 0 Å². The van der Waals surface area contributed by atoms with E-state index in [9.17, 15) is 0 Å². The Labute approximate surface area is 126 Å². The largest absolute Gasteiger partial charge is 0.399 e. The third kappa shape index (κ3) is 6.15. The number of nitrogen functional groups attached to an aromatic ring is 1. The van der Waals surface area contributed by atoms with Gasteiger partial charge in [-0.05, 0) is 31.0 Å². The van der Waals surface area contributed by atoms with Gasteiger partial charge in [0, 0.05) is 5.69 Å². The lowest BCUT2D eigenvalue weighted by molar-refractivity contribution is 0.502. The Morgan fingerprint density at radius 1 is 1.15 bits per heavy atom. The van der Waals surface area contributed by atoms with Gasteiger partial charge in [0.15, 0.2) is 0 Å². The molecule has 0 saturated carbocycles. The van der Waals surface area contributed by atoms with Crippen LogP contribution in [0.3, 0.4) is 0 Å². The van der Waals surface area contributed by atoms with Crippen molar-refractivity contribution in [1.82, 2.24) is 0 Å². The van der Waals surface area contributed by atoms with Crippen molar-refractivity contribution < 1.29 is 0 Å². The number of rotatable bonds is 7. The van der Waals surface area contributed by atoms with Crippen LogP contribution in [0.4, 0.5) is 5.69 Å². The van der Waals surface area contributed by atoms with E-state index < -0.39 is 0 Å². The lowest BCUT2D eigenvalue weighted by Gasteiger charge is -2.24. The number of anilines is 1. The van der Waals surface area contributed by atoms with Gasteiger partial charge in [-0.3, -0.25) is 0 Å². The lowest BCUT2D eigenvalue weighted by Crippen LogP contribution is -2.19. The normalized spacial score (nSPS) is 12.8. The summed E-state index contributed by atoms with van der Waals surface area (Å²) in [5.74, 6) is 2.96. The molecule has 0 bridgehead atoms. The van der Waals surface area contributed by atoms with E-state index in [0.717, 1.165) is 12.1 Å². The molecule has 20 heavy (non-hydrogen) atoms. The fraction of sp³-hybridized carbons (Fsp3) is 0.579. The first-order valence-electron chi connectivity index (χ1n) is 7.96. The Morgan fingerprint density at radius 2 is 1.80 bits per heavy atom. The number of unbranched alkanes of at least 4 members (excludes halogenated alkanes) is 4. The van der Waals surface area contributed by atoms with Crippen LogP contribution in [0.25, 0.3) is 0 Å². The third-order valence-electron chi connectivity index (χ3n) is 3.62. The van der Waals surface area contributed by atoms with Crippen LogP contribution in [0.15, 0.2) is 24.3 Å². The molecule has 0 amide bonds. The smallest absolute Gasteiger partial charge is 0.0532 e. The molecule has 2 N–H and O–H groups in total. The first-order chi connectivity index (χ1) is 9.62. The highest BCUT2D eigenvalue weighted by Gasteiger charge is 2.23. The first kappa shape index (κ1) is 18.6. The average Bonchev–Trinajstić information content (AvgIpc) is 2.49. The van der Waals surface area contributed by atoms with E-state index in [4.69, 9.17) is 12.2 Å². The topological polar surface area (TPSA) is 26.0 Å². The molecule has 0 fully saturated rings. The summed E-state index contributed by atoms with van der Waals surface area (Å²) in [6.45, 7) is 8.37. The van der Waals surface area contributed by atoms with Crippen molar-refractivity contribution in [3.63, 3.8) is 0 Å². The molecule has 0 aliphatic rings. The summed E-state index contributed by atoms with van der Waals surface area (Å²) >= 11 is 0. The number of nitrogens with two attached hydrogens (primary N) is 1. The summed E-state index contributed by atoms with van der Waals surface area (Å²) in [5.41, 5.74) is 7.62. The Morgan fingerprint density at radius 3 is 2.35 bits per heavy atom. The van der Waals surface area contributed by atoms with Crippen LogP contribution in [-0.2, 0) is 5.41 Å². The van der Waals surface area contributed by atoms with Crippen LogP contribution in [0, 0.1) is 12.3 Å². The van der Waals surface area contributed by atoms with Crippen molar-refractivity contribution in [2.24, 2.45) is 0 Å². The van der Waals surface area contributed by atoms with Gasteiger partial charge in [-0.15, -0.1) is 6.42 Å². The standard InChI is InChI=1S/C17H25N.C2H6/c1-4-6-7-8-9-13-17(3,5-2)15-11-10-12-16(18)14-15;1-2/h2,10-12,14H,4,6-9,13,18H2,1,3H3;1-2H3. The average molecular weight is 273 g/mol. The fourth-order valence-corrected chi connectivity index (χ4v) is 2.26. The number of hydrogen-bond donors (Lipinski definition) is 1. The molecular formula is C19H31N. The molecule has 0 aliphatic carbocycles. The van der Waals surface area contributed by atoms with E-state index >= 15 is 0 Å². The lowest BCUT2D eigenvalue weighted by atomic mass is 9.78. The van der Waals surface area contributed by atoms with Gasteiger partial charge in [0.2, 0.25) is 0 Å². The van der Waals surface area contributed by atoms with Crippen molar-refractivity contribution in [3.05, 3.63) is 29.8 Å². The van der Waals surface area contributed by atoms with Crippen LogP contribution in [0.5, 0.6) is 0 Å². The molecular weight excluding hydrogens is 242 g/mol. The van der Waals surface area contributed by atoms with Gasteiger partial charge >= 0.3 is 0 Å².